The van der Waals surface area contributed by atoms with Crippen LogP contribution < -0.4 is 10.1 Å². The first-order valence-electron chi connectivity index (χ1n) is 6.42. The molecule has 102 valence electrons. The van der Waals surface area contributed by atoms with Crippen molar-refractivity contribution in [1.82, 2.24) is 10.2 Å². The van der Waals surface area contributed by atoms with Crippen LogP contribution in [0.1, 0.15) is 18.9 Å². The number of rotatable bonds is 5. The normalized spacial score (nSPS) is 18.7. The topological polar surface area (TPSA) is 24.5 Å². The van der Waals surface area contributed by atoms with Gasteiger partial charge in [0, 0.05) is 19.1 Å². The molecule has 3 nitrogen and oxygen atoms in total. The highest BCUT2D eigenvalue weighted by Crippen LogP contribution is 2.16. The van der Waals surface area contributed by atoms with Gasteiger partial charge in [0.2, 0.25) is 0 Å². The zero-order valence-corrected chi connectivity index (χ0v) is 12.0. The minimum absolute atomic E-state index is 0. The van der Waals surface area contributed by atoms with E-state index in [0.717, 1.165) is 32.0 Å². The van der Waals surface area contributed by atoms with Crippen molar-refractivity contribution in [1.29, 1.82) is 0 Å². The van der Waals surface area contributed by atoms with Crippen molar-refractivity contribution < 1.29 is 4.74 Å². The number of likely N-dealkylation sites (N-methyl/N-ethyl adjacent to an activating group) is 1. The van der Waals surface area contributed by atoms with Crippen molar-refractivity contribution in [2.75, 3.05) is 26.7 Å². The van der Waals surface area contributed by atoms with Gasteiger partial charge in [0.1, 0.15) is 5.75 Å². The molecule has 0 bridgehead atoms. The van der Waals surface area contributed by atoms with Crippen LogP contribution in [0.15, 0.2) is 24.3 Å². The average molecular weight is 271 g/mol. The molecular formula is C14H23ClN2O. The molecule has 18 heavy (non-hydrogen) atoms. The van der Waals surface area contributed by atoms with E-state index in [4.69, 9.17) is 4.74 Å². The van der Waals surface area contributed by atoms with Gasteiger partial charge in [0.25, 0.3) is 0 Å². The van der Waals surface area contributed by atoms with E-state index >= 15 is 0 Å². The highest BCUT2D eigenvalue weighted by Gasteiger charge is 2.18. The molecular weight excluding hydrogens is 248 g/mol. The van der Waals surface area contributed by atoms with Gasteiger partial charge in [-0.05, 0) is 44.6 Å². The first-order chi connectivity index (χ1) is 8.29. The molecule has 0 spiro atoms. The van der Waals surface area contributed by atoms with Crippen LogP contribution in [-0.4, -0.2) is 37.7 Å². The number of ether oxygens (including phenoxy) is 1. The van der Waals surface area contributed by atoms with Crippen LogP contribution in [0.4, 0.5) is 0 Å². The molecule has 0 saturated carbocycles. The Kier molecular flexibility index (Phi) is 6.47. The lowest BCUT2D eigenvalue weighted by molar-refractivity contribution is 0.248. The Labute approximate surface area is 116 Å². The van der Waals surface area contributed by atoms with Crippen LogP contribution in [0.25, 0.3) is 0 Å². The quantitative estimate of drug-likeness (QED) is 0.889. The van der Waals surface area contributed by atoms with E-state index in [1.54, 1.807) is 0 Å². The van der Waals surface area contributed by atoms with E-state index in [2.05, 4.69) is 35.5 Å². The van der Waals surface area contributed by atoms with E-state index in [1.165, 1.54) is 12.0 Å². The van der Waals surface area contributed by atoms with Gasteiger partial charge in [-0.1, -0.05) is 12.1 Å². The summed E-state index contributed by atoms with van der Waals surface area (Å²) in [5.41, 5.74) is 1.32. The fraction of sp³-hybridized carbons (Fsp3) is 0.571. The lowest BCUT2D eigenvalue weighted by Gasteiger charge is -2.23. The molecule has 0 aromatic heterocycles. The molecule has 2 rings (SSSR count). The maximum Gasteiger partial charge on any atom is 0.119 e. The summed E-state index contributed by atoms with van der Waals surface area (Å²) in [6.45, 7) is 6.00. The second-order valence-corrected chi connectivity index (χ2v) is 4.64. The Morgan fingerprint density at radius 3 is 2.94 bits per heavy atom. The van der Waals surface area contributed by atoms with Gasteiger partial charge >= 0.3 is 0 Å². The van der Waals surface area contributed by atoms with Crippen molar-refractivity contribution >= 4 is 12.4 Å². The average Bonchev–Trinajstić information content (AvgIpc) is 2.83. The minimum atomic E-state index is 0. The van der Waals surface area contributed by atoms with Gasteiger partial charge in [-0.25, -0.2) is 0 Å². The second kappa shape index (κ2) is 7.62. The Balaban J connectivity index is 0.00000162. The van der Waals surface area contributed by atoms with Crippen molar-refractivity contribution in [3.05, 3.63) is 29.8 Å². The molecule has 1 unspecified atom stereocenters. The summed E-state index contributed by atoms with van der Waals surface area (Å²) in [5.74, 6) is 0.975. The number of halogens is 1. The molecule has 1 saturated heterocycles. The van der Waals surface area contributed by atoms with Gasteiger partial charge in [-0.15, -0.1) is 12.4 Å². The van der Waals surface area contributed by atoms with Crippen molar-refractivity contribution in [3.63, 3.8) is 0 Å². The maximum absolute atomic E-state index is 5.52. The first-order valence-corrected chi connectivity index (χ1v) is 6.42. The molecule has 1 aromatic rings. The van der Waals surface area contributed by atoms with Gasteiger partial charge in [0.05, 0.1) is 6.61 Å². The van der Waals surface area contributed by atoms with Crippen molar-refractivity contribution in [2.24, 2.45) is 0 Å². The predicted molar refractivity (Wildman–Crippen MR) is 77.6 cm³/mol. The van der Waals surface area contributed by atoms with Crippen LogP contribution in [0.2, 0.25) is 0 Å². The van der Waals surface area contributed by atoms with Gasteiger partial charge in [0.15, 0.2) is 0 Å². The molecule has 1 aliphatic rings. The monoisotopic (exact) mass is 270 g/mol. The summed E-state index contributed by atoms with van der Waals surface area (Å²) in [4.78, 5) is 2.42. The van der Waals surface area contributed by atoms with Crippen LogP contribution in [-0.2, 0) is 6.54 Å². The highest BCUT2D eigenvalue weighted by atomic mass is 35.5. The summed E-state index contributed by atoms with van der Waals surface area (Å²) < 4.78 is 5.52. The molecule has 0 amide bonds. The third kappa shape index (κ3) is 4.16. The van der Waals surface area contributed by atoms with E-state index in [0.29, 0.717) is 6.04 Å². The molecule has 4 heteroatoms. The Hall–Kier alpha value is -0.770. The second-order valence-electron chi connectivity index (χ2n) is 4.64. The number of benzene rings is 1. The van der Waals surface area contributed by atoms with Crippen molar-refractivity contribution in [2.45, 2.75) is 25.9 Å². The SMILES string of the molecule is CCOc1cccc(CN(C)C2CCNC2)c1.Cl. The third-order valence-electron chi connectivity index (χ3n) is 3.30. The molecule has 0 radical (unpaired) electrons. The van der Waals surface area contributed by atoms with E-state index in [-0.39, 0.29) is 12.4 Å². The fourth-order valence-corrected chi connectivity index (χ4v) is 2.33. The van der Waals surface area contributed by atoms with Crippen LogP contribution in [0, 0.1) is 0 Å². The van der Waals surface area contributed by atoms with E-state index in [9.17, 15) is 0 Å². The first kappa shape index (κ1) is 15.3. The third-order valence-corrected chi connectivity index (χ3v) is 3.30. The standard InChI is InChI=1S/C14H22N2O.ClH/c1-3-17-14-6-4-5-12(9-14)11-16(2)13-7-8-15-10-13;/h4-6,9,13,15H,3,7-8,10-11H2,1-2H3;1H. The number of nitrogens with one attached hydrogen (secondary N) is 1. The molecule has 1 atom stereocenters. The summed E-state index contributed by atoms with van der Waals surface area (Å²) in [7, 11) is 2.20. The Bertz CT molecular complexity index is 353. The summed E-state index contributed by atoms with van der Waals surface area (Å²) in [6, 6.07) is 9.07. The van der Waals surface area contributed by atoms with Gasteiger partial charge < -0.3 is 10.1 Å². The van der Waals surface area contributed by atoms with Crippen LogP contribution >= 0.6 is 12.4 Å². The molecule has 1 heterocycles. The number of hydrogen-bond donors (Lipinski definition) is 1. The molecule has 1 fully saturated rings. The largest absolute Gasteiger partial charge is 0.494 e. The zero-order valence-electron chi connectivity index (χ0n) is 11.2. The Morgan fingerprint density at radius 1 is 1.44 bits per heavy atom. The highest BCUT2D eigenvalue weighted by molar-refractivity contribution is 5.85. The van der Waals surface area contributed by atoms with Crippen LogP contribution in [0.3, 0.4) is 0 Å². The van der Waals surface area contributed by atoms with Gasteiger partial charge in [-0.3, -0.25) is 4.90 Å². The number of hydrogen-bond acceptors (Lipinski definition) is 3. The lowest BCUT2D eigenvalue weighted by atomic mass is 10.1. The summed E-state index contributed by atoms with van der Waals surface area (Å²) in [5, 5.41) is 3.40. The fourth-order valence-electron chi connectivity index (χ4n) is 2.33. The summed E-state index contributed by atoms with van der Waals surface area (Å²) >= 11 is 0. The smallest absolute Gasteiger partial charge is 0.119 e. The molecule has 1 aliphatic heterocycles. The zero-order chi connectivity index (χ0) is 12.1. The van der Waals surface area contributed by atoms with E-state index in [1.807, 2.05) is 13.0 Å². The number of nitrogens with zero attached hydrogens (tertiary/aromatic N) is 1. The molecule has 1 aromatic carbocycles. The maximum atomic E-state index is 5.52. The Morgan fingerprint density at radius 2 is 2.28 bits per heavy atom. The van der Waals surface area contributed by atoms with E-state index < -0.39 is 0 Å². The van der Waals surface area contributed by atoms with Crippen molar-refractivity contribution in [3.8, 4) is 5.75 Å². The molecule has 1 N–H and O–H groups in total. The lowest BCUT2D eigenvalue weighted by Crippen LogP contribution is -2.32. The van der Waals surface area contributed by atoms with Gasteiger partial charge in [-0.2, -0.15) is 0 Å². The van der Waals surface area contributed by atoms with Crippen LogP contribution in [0.5, 0.6) is 5.75 Å². The predicted octanol–water partition coefficient (Wildman–Crippen LogP) is 2.30. The molecule has 0 aliphatic carbocycles. The minimum Gasteiger partial charge on any atom is -0.494 e. The summed E-state index contributed by atoms with van der Waals surface area (Å²) in [6.07, 6.45) is 1.25.